The lowest BCUT2D eigenvalue weighted by atomic mass is 9.79. The van der Waals surface area contributed by atoms with Crippen LogP contribution in [0, 0.1) is 0 Å². The van der Waals surface area contributed by atoms with Crippen LogP contribution in [0.4, 0.5) is 0 Å². The van der Waals surface area contributed by atoms with Crippen molar-refractivity contribution >= 4 is 29.5 Å². The number of aliphatic hydroxyl groups is 1. The number of amides is 1. The highest BCUT2D eigenvalue weighted by atomic mass is 16.4. The van der Waals surface area contributed by atoms with Crippen molar-refractivity contribution in [3.05, 3.63) is 30.0 Å². The van der Waals surface area contributed by atoms with Gasteiger partial charge in [-0.25, -0.2) is 0 Å². The Hall–Kier alpha value is -1.83. The summed E-state index contributed by atoms with van der Waals surface area (Å²) >= 11 is 0. The summed E-state index contributed by atoms with van der Waals surface area (Å²) in [6, 6.07) is 6.58. The average molecular weight is 315 g/mol. The van der Waals surface area contributed by atoms with Gasteiger partial charge in [-0.1, -0.05) is 18.2 Å². The second-order valence-electron chi connectivity index (χ2n) is 6.89. The molecule has 2 aliphatic carbocycles. The number of benzene rings is 1. The zero-order valence-corrected chi connectivity index (χ0v) is 12.6. The van der Waals surface area contributed by atoms with Gasteiger partial charge in [0, 0.05) is 16.4 Å². The zero-order chi connectivity index (χ0) is 16.2. The molecule has 4 rings (SSSR count). The Morgan fingerprint density at radius 1 is 1.22 bits per heavy atom. The van der Waals surface area contributed by atoms with Crippen LogP contribution in [0.1, 0.15) is 42.7 Å². The number of fused-ring (bicyclic) bond motifs is 3. The van der Waals surface area contributed by atoms with E-state index in [-0.39, 0.29) is 22.7 Å². The van der Waals surface area contributed by atoms with Gasteiger partial charge in [0.1, 0.15) is 5.58 Å². The summed E-state index contributed by atoms with van der Waals surface area (Å²) in [6.45, 7) is 0. The van der Waals surface area contributed by atoms with E-state index >= 15 is 0 Å². The largest absolute Gasteiger partial charge is 0.492 e. The van der Waals surface area contributed by atoms with Crippen molar-refractivity contribution in [2.24, 2.45) is 0 Å². The van der Waals surface area contributed by atoms with E-state index in [4.69, 9.17) is 4.42 Å². The lowest BCUT2D eigenvalue weighted by molar-refractivity contribution is 0.0521. The van der Waals surface area contributed by atoms with E-state index in [1.165, 1.54) is 0 Å². The predicted octanol–water partition coefficient (Wildman–Crippen LogP) is 0.290. The highest BCUT2D eigenvalue weighted by Crippen LogP contribution is 2.50. The summed E-state index contributed by atoms with van der Waals surface area (Å²) in [5.74, 6) is -0.185. The van der Waals surface area contributed by atoms with Crippen molar-refractivity contribution in [2.45, 2.75) is 43.2 Å². The van der Waals surface area contributed by atoms with Gasteiger partial charge in [0.25, 0.3) is 5.91 Å². The van der Waals surface area contributed by atoms with Crippen molar-refractivity contribution in [1.82, 2.24) is 5.32 Å². The third kappa shape index (κ3) is 2.36. The first-order chi connectivity index (χ1) is 10.9. The molecular formula is C16H18BNO5. The molecule has 120 valence electrons. The Bertz CT molecular complexity index is 776. The van der Waals surface area contributed by atoms with Crippen LogP contribution in [0.25, 0.3) is 11.0 Å². The van der Waals surface area contributed by atoms with Crippen LogP contribution in [0.3, 0.4) is 0 Å². The van der Waals surface area contributed by atoms with Crippen molar-refractivity contribution in [3.63, 3.8) is 0 Å². The number of hydrogen-bond acceptors (Lipinski definition) is 5. The molecule has 0 atom stereocenters. The van der Waals surface area contributed by atoms with E-state index < -0.39 is 12.7 Å². The Labute approximate surface area is 133 Å². The molecule has 2 aliphatic rings. The van der Waals surface area contributed by atoms with Gasteiger partial charge < -0.3 is 24.9 Å². The van der Waals surface area contributed by atoms with Crippen LogP contribution in [-0.2, 0) is 0 Å². The molecule has 0 spiro atoms. The molecule has 2 fully saturated rings. The quantitative estimate of drug-likeness (QED) is 0.610. The van der Waals surface area contributed by atoms with Crippen LogP contribution < -0.4 is 10.8 Å². The van der Waals surface area contributed by atoms with E-state index in [2.05, 4.69) is 5.32 Å². The van der Waals surface area contributed by atoms with E-state index in [1.807, 2.05) is 0 Å². The van der Waals surface area contributed by atoms with E-state index in [0.717, 1.165) is 12.8 Å². The number of rotatable bonds is 3. The number of para-hydroxylation sites is 1. The molecule has 1 aromatic heterocycles. The molecule has 0 unspecified atom stereocenters. The number of nitrogens with one attached hydrogen (secondary N) is 1. The van der Waals surface area contributed by atoms with Crippen molar-refractivity contribution in [1.29, 1.82) is 0 Å². The second-order valence-corrected chi connectivity index (χ2v) is 6.89. The van der Waals surface area contributed by atoms with E-state index in [9.17, 15) is 19.9 Å². The van der Waals surface area contributed by atoms with Gasteiger partial charge in [0.15, 0.2) is 5.76 Å². The normalized spacial score (nSPS) is 29.2. The first kappa shape index (κ1) is 14.7. The third-order valence-electron chi connectivity index (χ3n) is 5.26. The molecule has 1 amide bonds. The highest BCUT2D eigenvalue weighted by Gasteiger charge is 2.54. The number of carbonyl (C=O) groups is 1. The molecular weight excluding hydrogens is 297 g/mol. The minimum Gasteiger partial charge on any atom is -0.451 e. The molecule has 7 heteroatoms. The van der Waals surface area contributed by atoms with Crippen LogP contribution in [0.5, 0.6) is 0 Å². The molecule has 2 bridgehead atoms. The van der Waals surface area contributed by atoms with Crippen LogP contribution in [-0.4, -0.2) is 39.3 Å². The molecule has 0 radical (unpaired) electrons. The van der Waals surface area contributed by atoms with Crippen molar-refractivity contribution in [2.75, 3.05) is 0 Å². The average Bonchev–Trinajstić information content (AvgIpc) is 3.16. The Balaban J connectivity index is 1.62. The molecule has 2 saturated carbocycles. The highest BCUT2D eigenvalue weighted by molar-refractivity contribution is 6.61. The fourth-order valence-electron chi connectivity index (χ4n) is 4.05. The molecule has 23 heavy (non-hydrogen) atoms. The van der Waals surface area contributed by atoms with Gasteiger partial charge in [-0.2, -0.15) is 0 Å². The van der Waals surface area contributed by atoms with Crippen molar-refractivity contribution < 1.29 is 24.4 Å². The molecule has 0 saturated heterocycles. The molecule has 1 heterocycles. The maximum absolute atomic E-state index is 12.5. The second kappa shape index (κ2) is 4.83. The number of hydrogen-bond donors (Lipinski definition) is 4. The van der Waals surface area contributed by atoms with Crippen molar-refractivity contribution in [3.8, 4) is 0 Å². The standard InChI is InChI=1S/C16H18BNO5/c19-14(18-15-4-6-16(20,9-15)7-5-15)12-8-10-2-1-3-11(17(21)22)13(10)23-12/h1-3,8,20-22H,4-7,9H2,(H,18,19). The van der Waals surface area contributed by atoms with Gasteiger partial charge in [-0.3, -0.25) is 4.79 Å². The summed E-state index contributed by atoms with van der Waals surface area (Å²) in [5, 5.41) is 32.7. The van der Waals surface area contributed by atoms with E-state index in [1.54, 1.807) is 24.3 Å². The minimum atomic E-state index is -1.65. The fraction of sp³-hybridized carbons (Fsp3) is 0.438. The molecule has 0 aliphatic heterocycles. The molecule has 4 N–H and O–H groups in total. The maximum Gasteiger partial charge on any atom is 0.492 e. The SMILES string of the molecule is O=C(NC12CCC(O)(CC1)C2)c1cc2cccc(B(O)O)c2o1. The van der Waals surface area contributed by atoms with Gasteiger partial charge >= 0.3 is 7.12 Å². The lowest BCUT2D eigenvalue weighted by Gasteiger charge is -2.27. The summed E-state index contributed by atoms with van der Waals surface area (Å²) in [4.78, 5) is 12.5. The molecule has 6 nitrogen and oxygen atoms in total. The Kier molecular flexibility index (Phi) is 3.10. The molecule has 1 aromatic carbocycles. The summed E-state index contributed by atoms with van der Waals surface area (Å²) in [6.07, 6.45) is 3.57. The fourth-order valence-corrected chi connectivity index (χ4v) is 4.05. The number of carbonyl (C=O) groups excluding carboxylic acids is 1. The maximum atomic E-state index is 12.5. The Morgan fingerprint density at radius 3 is 2.57 bits per heavy atom. The van der Waals surface area contributed by atoms with E-state index in [0.29, 0.717) is 30.2 Å². The van der Waals surface area contributed by atoms with Gasteiger partial charge in [0.2, 0.25) is 0 Å². The molecule has 2 aromatic rings. The monoisotopic (exact) mass is 315 g/mol. The smallest absolute Gasteiger partial charge is 0.451 e. The first-order valence-electron chi connectivity index (χ1n) is 7.83. The lowest BCUT2D eigenvalue weighted by Crippen LogP contribution is -2.44. The minimum absolute atomic E-state index is 0.143. The van der Waals surface area contributed by atoms with Gasteiger partial charge in [0.05, 0.1) is 5.60 Å². The van der Waals surface area contributed by atoms with Crippen LogP contribution in [0.2, 0.25) is 0 Å². The summed E-state index contributed by atoms with van der Waals surface area (Å²) in [7, 11) is -1.65. The van der Waals surface area contributed by atoms with Crippen LogP contribution in [0.15, 0.2) is 28.7 Å². The third-order valence-corrected chi connectivity index (χ3v) is 5.26. The van der Waals surface area contributed by atoms with Crippen LogP contribution >= 0.6 is 0 Å². The number of furan rings is 1. The first-order valence-corrected chi connectivity index (χ1v) is 7.83. The summed E-state index contributed by atoms with van der Waals surface area (Å²) in [5.41, 5.74) is -0.435. The predicted molar refractivity (Wildman–Crippen MR) is 84.3 cm³/mol. The summed E-state index contributed by atoms with van der Waals surface area (Å²) < 4.78 is 5.57. The topological polar surface area (TPSA) is 103 Å². The van der Waals surface area contributed by atoms with Gasteiger partial charge in [-0.15, -0.1) is 0 Å². The zero-order valence-electron chi connectivity index (χ0n) is 12.6. The Morgan fingerprint density at radius 2 is 1.96 bits per heavy atom. The van der Waals surface area contributed by atoms with Gasteiger partial charge in [-0.05, 0) is 38.2 Å².